The van der Waals surface area contributed by atoms with Crippen LogP contribution in [-0.4, -0.2) is 43.6 Å². The molecular weight excluding hydrogens is 921 g/mol. The quantitative estimate of drug-likeness (QED) is 0.0878. The number of carbonyl (C=O) groups excluding carboxylic acids is 4. The maximum absolute atomic E-state index is 13.8. The predicted octanol–water partition coefficient (Wildman–Crippen LogP) is 12.8. The number of nitrogens with one attached hydrogen (secondary N) is 4. The Bertz CT molecular complexity index is 3120. The molecule has 374 valence electrons. The van der Waals surface area contributed by atoms with Gasteiger partial charge in [0.2, 0.25) is 0 Å². The van der Waals surface area contributed by atoms with Crippen LogP contribution < -0.4 is 21.3 Å². The molecule has 4 aromatic heterocycles. The lowest BCUT2D eigenvalue weighted by molar-refractivity contribution is 0.0998. The molecule has 0 radical (unpaired) electrons. The number of anilines is 4. The number of carbonyl (C=O) groups is 4. The molecule has 0 saturated carbocycles. The van der Waals surface area contributed by atoms with Crippen molar-refractivity contribution in [3.8, 4) is 23.7 Å². The first-order valence-electron chi connectivity index (χ1n) is 24.8. The van der Waals surface area contributed by atoms with Crippen molar-refractivity contribution in [1.82, 2.24) is 19.9 Å². The van der Waals surface area contributed by atoms with Crippen molar-refractivity contribution in [3.05, 3.63) is 199 Å². The second-order valence-electron chi connectivity index (χ2n) is 19.7. The Morgan fingerprint density at radius 1 is 0.365 bits per heavy atom. The van der Waals surface area contributed by atoms with E-state index in [1.54, 1.807) is 61.2 Å². The number of aryl methyl sites for hydroxylation is 4. The van der Waals surface area contributed by atoms with E-state index in [2.05, 4.69) is 120 Å². The Kier molecular flexibility index (Phi) is 16.6. The summed E-state index contributed by atoms with van der Waals surface area (Å²) in [5.74, 6) is 11.9. The minimum absolute atomic E-state index is 0.0525. The molecule has 0 saturated heterocycles. The third kappa shape index (κ3) is 12.6. The first kappa shape index (κ1) is 53.1. The van der Waals surface area contributed by atoms with Crippen LogP contribution in [0.15, 0.2) is 110 Å². The molecule has 4 heterocycles. The van der Waals surface area contributed by atoms with Gasteiger partial charge in [-0.1, -0.05) is 91.2 Å². The number of pyridine rings is 4. The molecule has 4 N–H and O–H groups in total. The zero-order chi connectivity index (χ0) is 53.4. The molecule has 4 amide bonds. The molecule has 7 rings (SSSR count). The van der Waals surface area contributed by atoms with Gasteiger partial charge in [-0.05, 0) is 169 Å². The Labute approximate surface area is 434 Å². The van der Waals surface area contributed by atoms with Crippen LogP contribution in [0.1, 0.15) is 188 Å². The van der Waals surface area contributed by atoms with Gasteiger partial charge in [-0.3, -0.25) is 29.1 Å². The van der Waals surface area contributed by atoms with Gasteiger partial charge in [0.25, 0.3) is 23.6 Å². The molecule has 0 bridgehead atoms. The van der Waals surface area contributed by atoms with Gasteiger partial charge in [-0.25, -0.2) is 9.97 Å². The molecule has 0 fully saturated rings. The number of nitrogens with zero attached hydrogens (tertiary/aromatic N) is 4. The number of aromatic nitrogens is 4. The van der Waals surface area contributed by atoms with Crippen LogP contribution in [0.3, 0.4) is 0 Å². The Hall–Kier alpha value is -8.74. The van der Waals surface area contributed by atoms with E-state index in [0.717, 1.165) is 66.8 Å². The van der Waals surface area contributed by atoms with Crippen LogP contribution in [-0.2, 0) is 0 Å². The molecule has 0 atom stereocenters. The van der Waals surface area contributed by atoms with Crippen molar-refractivity contribution in [2.45, 2.75) is 107 Å². The third-order valence-corrected chi connectivity index (χ3v) is 12.5. The lowest BCUT2D eigenvalue weighted by Crippen LogP contribution is -2.20. The highest BCUT2D eigenvalue weighted by atomic mass is 16.2. The number of hydrogen-bond donors (Lipinski definition) is 4. The molecule has 0 aliphatic rings. The van der Waals surface area contributed by atoms with Crippen molar-refractivity contribution in [3.63, 3.8) is 0 Å². The van der Waals surface area contributed by atoms with Crippen molar-refractivity contribution >= 4 is 46.4 Å². The summed E-state index contributed by atoms with van der Waals surface area (Å²) in [6, 6.07) is 25.5. The SMILES string of the molecule is Cc1cncc(C)c1NC(=O)c1cccc(C(=O)Nc2c(C(C)C)cc(C#Cc3ccc(C#Cc4cc(C(C)C)c(NC(=O)c5cccc(C(=O)Nc6c(C)cncc6C)n5)c(C(C)C)c4)cc3)cc2C(C)C)n1. The van der Waals surface area contributed by atoms with Gasteiger partial charge < -0.3 is 21.3 Å². The summed E-state index contributed by atoms with van der Waals surface area (Å²) in [6.45, 7) is 24.1. The van der Waals surface area contributed by atoms with E-state index in [0.29, 0.717) is 22.7 Å². The Morgan fingerprint density at radius 2 is 0.608 bits per heavy atom. The minimum atomic E-state index is -0.420. The van der Waals surface area contributed by atoms with Gasteiger partial charge in [-0.15, -0.1) is 0 Å². The van der Waals surface area contributed by atoms with Crippen LogP contribution in [0.4, 0.5) is 22.7 Å². The molecular formula is C62H62N8O4. The topological polar surface area (TPSA) is 168 Å². The fourth-order valence-electron chi connectivity index (χ4n) is 8.44. The molecule has 7 aromatic rings. The zero-order valence-corrected chi connectivity index (χ0v) is 44.1. The van der Waals surface area contributed by atoms with Gasteiger partial charge in [0.15, 0.2) is 0 Å². The molecule has 0 aliphatic heterocycles. The highest BCUT2D eigenvalue weighted by Gasteiger charge is 2.23. The van der Waals surface area contributed by atoms with E-state index >= 15 is 0 Å². The Morgan fingerprint density at radius 3 is 0.865 bits per heavy atom. The summed E-state index contributed by atoms with van der Waals surface area (Å²) < 4.78 is 0. The van der Waals surface area contributed by atoms with Crippen LogP contribution in [0, 0.1) is 51.4 Å². The summed E-state index contributed by atoms with van der Waals surface area (Å²) in [6.07, 6.45) is 6.73. The third-order valence-electron chi connectivity index (χ3n) is 12.5. The average Bonchev–Trinajstić information content (AvgIpc) is 3.37. The van der Waals surface area contributed by atoms with E-state index in [1.165, 1.54) is 0 Å². The van der Waals surface area contributed by atoms with Crippen molar-refractivity contribution < 1.29 is 19.2 Å². The zero-order valence-electron chi connectivity index (χ0n) is 44.1. The van der Waals surface area contributed by atoms with E-state index in [-0.39, 0.29) is 46.4 Å². The number of amides is 4. The molecule has 3 aromatic carbocycles. The molecule has 12 nitrogen and oxygen atoms in total. The Balaban J connectivity index is 1.07. The second-order valence-corrected chi connectivity index (χ2v) is 19.7. The highest BCUT2D eigenvalue weighted by Crippen LogP contribution is 2.36. The van der Waals surface area contributed by atoms with Gasteiger partial charge in [0.1, 0.15) is 22.8 Å². The van der Waals surface area contributed by atoms with Gasteiger partial charge in [0, 0.05) is 69.8 Å². The average molecular weight is 983 g/mol. The summed E-state index contributed by atoms with van der Waals surface area (Å²) in [4.78, 5) is 71.4. The largest absolute Gasteiger partial charge is 0.320 e. The lowest BCUT2D eigenvalue weighted by atomic mass is 9.90. The normalized spacial score (nSPS) is 10.9. The van der Waals surface area contributed by atoms with Crippen molar-refractivity contribution in [1.29, 1.82) is 0 Å². The maximum Gasteiger partial charge on any atom is 0.274 e. The highest BCUT2D eigenvalue weighted by molar-refractivity contribution is 6.08. The monoisotopic (exact) mass is 982 g/mol. The van der Waals surface area contributed by atoms with Crippen molar-refractivity contribution in [2.24, 2.45) is 0 Å². The predicted molar refractivity (Wildman–Crippen MR) is 295 cm³/mol. The van der Waals surface area contributed by atoms with Crippen LogP contribution in [0.5, 0.6) is 0 Å². The van der Waals surface area contributed by atoms with Gasteiger partial charge in [-0.2, -0.15) is 0 Å². The van der Waals surface area contributed by atoms with E-state index in [9.17, 15) is 19.2 Å². The summed E-state index contributed by atoms with van der Waals surface area (Å²) in [7, 11) is 0. The van der Waals surface area contributed by atoms with Crippen LogP contribution in [0.2, 0.25) is 0 Å². The van der Waals surface area contributed by atoms with E-state index in [4.69, 9.17) is 0 Å². The molecule has 12 heteroatoms. The first-order chi connectivity index (χ1) is 35.3. The molecule has 0 unspecified atom stereocenters. The fraction of sp³-hybridized carbons (Fsp3) is 0.258. The van der Waals surface area contributed by atoms with Crippen molar-refractivity contribution in [2.75, 3.05) is 21.3 Å². The fourth-order valence-corrected chi connectivity index (χ4v) is 8.44. The smallest absolute Gasteiger partial charge is 0.274 e. The maximum atomic E-state index is 13.8. The summed E-state index contributed by atoms with van der Waals surface area (Å²) in [5.41, 5.74) is 13.5. The number of benzene rings is 3. The molecule has 0 aliphatic carbocycles. The standard InChI is InChI=1S/C62H62N8O4/c1-35(2)47-27-45(28-48(36(3)4)57(47)69-61(73)53-17-13-15-51(65-53)59(71)67-55-39(9)31-63-32-40(55)10)25-23-43-19-21-44(22-20-43)24-26-46-29-49(37(5)6)58(50(30-46)38(7)8)70-62(74)54-18-14-16-52(66-54)60(72)68-56-41(11)33-64-34-42(56)12/h13-22,27-38H,1-12H3,(H,69,73)(H,70,74)(H,63,67,71)(H,64,68,72). The summed E-state index contributed by atoms with van der Waals surface area (Å²) >= 11 is 0. The van der Waals surface area contributed by atoms with E-state index < -0.39 is 23.6 Å². The first-order valence-corrected chi connectivity index (χ1v) is 24.8. The lowest BCUT2D eigenvalue weighted by Gasteiger charge is -2.21. The van der Waals surface area contributed by atoms with Crippen LogP contribution in [0.25, 0.3) is 0 Å². The number of rotatable bonds is 12. The second kappa shape index (κ2) is 23.2. The minimum Gasteiger partial charge on any atom is -0.320 e. The van der Waals surface area contributed by atoms with Gasteiger partial charge in [0.05, 0.1) is 0 Å². The van der Waals surface area contributed by atoms with Gasteiger partial charge >= 0.3 is 0 Å². The van der Waals surface area contributed by atoms with E-state index in [1.807, 2.05) is 76.2 Å². The molecule has 74 heavy (non-hydrogen) atoms. The van der Waals surface area contributed by atoms with Crippen LogP contribution >= 0.6 is 0 Å². The summed E-state index contributed by atoms with van der Waals surface area (Å²) in [5, 5.41) is 12.1. The molecule has 0 spiro atoms. The number of hydrogen-bond acceptors (Lipinski definition) is 8.